The van der Waals surface area contributed by atoms with Crippen molar-refractivity contribution in [2.75, 3.05) is 38.1 Å². The molecule has 2 N–H and O–H groups in total. The third-order valence-corrected chi connectivity index (χ3v) is 5.53. The molecule has 1 saturated heterocycles. The molecular weight excluding hydrogens is 286 g/mol. The van der Waals surface area contributed by atoms with Crippen molar-refractivity contribution < 1.29 is 8.42 Å². The molecule has 118 valence electrons. The van der Waals surface area contributed by atoms with Crippen LogP contribution in [0.15, 0.2) is 29.2 Å². The summed E-state index contributed by atoms with van der Waals surface area (Å²) in [7, 11) is -1.44. The lowest BCUT2D eigenvalue weighted by Gasteiger charge is -2.34. The molecule has 0 amide bonds. The zero-order chi connectivity index (χ0) is 15.3. The number of nitrogens with one attached hydrogen (secondary N) is 2. The maximum Gasteiger partial charge on any atom is 0.242 e. The molecule has 0 unspecified atom stereocenters. The van der Waals surface area contributed by atoms with Gasteiger partial charge < -0.3 is 10.2 Å². The Bertz CT molecular complexity index is 552. The second-order valence-corrected chi connectivity index (χ2v) is 7.19. The predicted octanol–water partition coefficient (Wildman–Crippen LogP) is 1.42. The minimum Gasteiger partial charge on any atom is -0.370 e. The molecule has 1 aliphatic rings. The zero-order valence-electron chi connectivity index (χ0n) is 12.8. The lowest BCUT2D eigenvalue weighted by molar-refractivity contribution is 0.392. The highest BCUT2D eigenvalue weighted by molar-refractivity contribution is 7.89. The molecule has 0 saturated carbocycles. The van der Waals surface area contributed by atoms with Gasteiger partial charge in [-0.3, -0.25) is 0 Å². The molecule has 1 heterocycles. The first kappa shape index (κ1) is 16.3. The fraction of sp³-hybridized carbons (Fsp3) is 0.600. The Morgan fingerprint density at radius 3 is 2.52 bits per heavy atom. The van der Waals surface area contributed by atoms with Gasteiger partial charge in [-0.1, -0.05) is 19.1 Å². The molecule has 1 aliphatic heterocycles. The van der Waals surface area contributed by atoms with Crippen LogP contribution in [0.2, 0.25) is 0 Å². The van der Waals surface area contributed by atoms with Crippen molar-refractivity contribution in [1.82, 2.24) is 10.0 Å². The van der Waals surface area contributed by atoms with Gasteiger partial charge in [0.05, 0.1) is 5.69 Å². The summed E-state index contributed by atoms with van der Waals surface area (Å²) in [5.41, 5.74) is 0.821. The Morgan fingerprint density at radius 1 is 1.24 bits per heavy atom. The normalized spacial score (nSPS) is 17.1. The zero-order valence-corrected chi connectivity index (χ0v) is 13.6. The first-order valence-corrected chi connectivity index (χ1v) is 9.05. The Kier molecular flexibility index (Phi) is 5.61. The third-order valence-electron chi connectivity index (χ3n) is 3.94. The maximum atomic E-state index is 12.3. The number of piperidine rings is 1. The highest BCUT2D eigenvalue weighted by Crippen LogP contribution is 2.28. The van der Waals surface area contributed by atoms with Crippen LogP contribution in [0.5, 0.6) is 0 Å². The van der Waals surface area contributed by atoms with Crippen LogP contribution < -0.4 is 14.9 Å². The van der Waals surface area contributed by atoms with Crippen LogP contribution in [0, 0.1) is 5.92 Å². The quantitative estimate of drug-likeness (QED) is 0.834. The summed E-state index contributed by atoms with van der Waals surface area (Å²) in [6.45, 7) is 5.05. The smallest absolute Gasteiger partial charge is 0.242 e. The van der Waals surface area contributed by atoms with Gasteiger partial charge in [-0.2, -0.15) is 0 Å². The first-order valence-electron chi connectivity index (χ1n) is 7.56. The summed E-state index contributed by atoms with van der Waals surface area (Å²) in [5, 5.41) is 3.22. The lowest BCUT2D eigenvalue weighted by atomic mass is 9.96. The molecule has 1 fully saturated rings. The Hall–Kier alpha value is -1.11. The summed E-state index contributed by atoms with van der Waals surface area (Å²) < 4.78 is 27.2. The molecule has 1 aromatic rings. The molecule has 0 atom stereocenters. The number of para-hydroxylation sites is 1. The van der Waals surface area contributed by atoms with E-state index in [2.05, 4.69) is 14.9 Å². The molecule has 1 aromatic carbocycles. The number of sulfonamides is 1. The molecule has 21 heavy (non-hydrogen) atoms. The molecule has 0 aromatic heterocycles. The fourth-order valence-electron chi connectivity index (χ4n) is 2.88. The summed E-state index contributed by atoms with van der Waals surface area (Å²) in [5.74, 6) is 0.684. The maximum absolute atomic E-state index is 12.3. The van der Waals surface area contributed by atoms with Crippen molar-refractivity contribution in [3.05, 3.63) is 24.3 Å². The third kappa shape index (κ3) is 3.96. The molecule has 0 bridgehead atoms. The topological polar surface area (TPSA) is 61.4 Å². The van der Waals surface area contributed by atoms with E-state index in [9.17, 15) is 8.42 Å². The Morgan fingerprint density at radius 2 is 1.90 bits per heavy atom. The minimum absolute atomic E-state index is 0.388. The number of hydrogen-bond donors (Lipinski definition) is 2. The summed E-state index contributed by atoms with van der Waals surface area (Å²) in [6, 6.07) is 7.27. The van der Waals surface area contributed by atoms with E-state index >= 15 is 0 Å². The standard InChI is InChI=1S/C15H25N3O2S/c1-3-17-21(19,20)15-7-5-4-6-14(15)18-10-8-13(9-11-18)12-16-2/h4-7,13,16-17H,3,8-12H2,1-2H3. The number of nitrogens with zero attached hydrogens (tertiary/aromatic N) is 1. The van der Waals surface area contributed by atoms with Crippen molar-refractivity contribution in [1.29, 1.82) is 0 Å². The van der Waals surface area contributed by atoms with Gasteiger partial charge in [-0.05, 0) is 44.5 Å². The van der Waals surface area contributed by atoms with Gasteiger partial charge in [0.15, 0.2) is 0 Å². The fourth-order valence-corrected chi connectivity index (χ4v) is 4.15. The van der Waals surface area contributed by atoms with Crippen LogP contribution in [0.25, 0.3) is 0 Å². The summed E-state index contributed by atoms with van der Waals surface area (Å²) >= 11 is 0. The van der Waals surface area contributed by atoms with Gasteiger partial charge in [0.1, 0.15) is 4.90 Å². The highest BCUT2D eigenvalue weighted by atomic mass is 32.2. The van der Waals surface area contributed by atoms with Crippen molar-refractivity contribution in [3.63, 3.8) is 0 Å². The molecular formula is C15H25N3O2S. The van der Waals surface area contributed by atoms with Crippen LogP contribution in [0.4, 0.5) is 5.69 Å². The summed E-state index contributed by atoms with van der Waals surface area (Å²) in [4.78, 5) is 2.58. The number of rotatable bonds is 6. The van der Waals surface area contributed by atoms with Crippen molar-refractivity contribution in [2.45, 2.75) is 24.7 Å². The van der Waals surface area contributed by atoms with E-state index in [4.69, 9.17) is 0 Å². The van der Waals surface area contributed by atoms with Crippen molar-refractivity contribution in [3.8, 4) is 0 Å². The lowest BCUT2D eigenvalue weighted by Crippen LogP contribution is -2.38. The van der Waals surface area contributed by atoms with Gasteiger partial charge in [0.2, 0.25) is 10.0 Å². The number of anilines is 1. The SMILES string of the molecule is CCNS(=O)(=O)c1ccccc1N1CCC(CNC)CC1. The highest BCUT2D eigenvalue weighted by Gasteiger charge is 2.24. The number of benzene rings is 1. The molecule has 6 heteroatoms. The minimum atomic E-state index is -3.42. The average Bonchev–Trinajstić information content (AvgIpc) is 2.48. The molecule has 2 rings (SSSR count). The van der Waals surface area contributed by atoms with Gasteiger partial charge in [-0.25, -0.2) is 13.1 Å². The van der Waals surface area contributed by atoms with Gasteiger partial charge in [-0.15, -0.1) is 0 Å². The van der Waals surface area contributed by atoms with E-state index in [-0.39, 0.29) is 0 Å². The van der Waals surface area contributed by atoms with Crippen LogP contribution in [0.1, 0.15) is 19.8 Å². The molecule has 0 spiro atoms. The van der Waals surface area contributed by atoms with Crippen LogP contribution in [0.3, 0.4) is 0 Å². The first-order chi connectivity index (χ1) is 10.1. The Labute approximate surface area is 127 Å². The van der Waals surface area contributed by atoms with E-state index < -0.39 is 10.0 Å². The predicted molar refractivity (Wildman–Crippen MR) is 86.2 cm³/mol. The van der Waals surface area contributed by atoms with Crippen LogP contribution >= 0.6 is 0 Å². The average molecular weight is 311 g/mol. The van der Waals surface area contributed by atoms with Crippen LogP contribution in [-0.2, 0) is 10.0 Å². The second-order valence-electron chi connectivity index (χ2n) is 5.46. The molecule has 0 aliphatic carbocycles. The van der Waals surface area contributed by atoms with E-state index in [0.29, 0.717) is 17.4 Å². The van der Waals surface area contributed by atoms with Gasteiger partial charge in [0.25, 0.3) is 0 Å². The second kappa shape index (κ2) is 7.24. The molecule has 0 radical (unpaired) electrons. The summed E-state index contributed by atoms with van der Waals surface area (Å²) in [6.07, 6.45) is 2.19. The van der Waals surface area contributed by atoms with Crippen molar-refractivity contribution >= 4 is 15.7 Å². The van der Waals surface area contributed by atoms with Crippen molar-refractivity contribution in [2.24, 2.45) is 5.92 Å². The largest absolute Gasteiger partial charge is 0.370 e. The number of hydrogen-bond acceptors (Lipinski definition) is 4. The van der Waals surface area contributed by atoms with E-state index in [1.807, 2.05) is 19.2 Å². The van der Waals surface area contributed by atoms with Crippen LogP contribution in [-0.4, -0.2) is 41.6 Å². The monoisotopic (exact) mass is 311 g/mol. The molecule has 5 nitrogen and oxygen atoms in total. The van der Waals surface area contributed by atoms with Gasteiger partial charge >= 0.3 is 0 Å². The van der Waals surface area contributed by atoms with E-state index in [0.717, 1.165) is 38.2 Å². The van der Waals surface area contributed by atoms with E-state index in [1.165, 1.54) is 0 Å². The Balaban J connectivity index is 2.18. The van der Waals surface area contributed by atoms with Gasteiger partial charge in [0, 0.05) is 19.6 Å². The van der Waals surface area contributed by atoms with E-state index in [1.54, 1.807) is 19.1 Å².